The van der Waals surface area contributed by atoms with Crippen LogP contribution in [0.25, 0.3) is 11.3 Å². The second-order valence-corrected chi connectivity index (χ2v) is 8.74. The lowest BCUT2D eigenvalue weighted by Crippen LogP contribution is -2.37. The highest BCUT2D eigenvalue weighted by Crippen LogP contribution is 2.35. The molecular formula is C27H31N3O5. The topological polar surface area (TPSA) is 77.3 Å². The SMILES string of the molecule is CCN(CC)c1onc(-c2ccccc2)c1CN(C[C@@H]1CCCO1)C(=O)c1ccc2c(c1)OCO2. The van der Waals surface area contributed by atoms with Crippen LogP contribution in [0.15, 0.2) is 53.1 Å². The molecular weight excluding hydrogens is 446 g/mol. The van der Waals surface area contributed by atoms with Gasteiger partial charge in [-0.05, 0) is 44.9 Å². The largest absolute Gasteiger partial charge is 0.454 e. The van der Waals surface area contributed by atoms with Crippen molar-refractivity contribution >= 4 is 11.8 Å². The van der Waals surface area contributed by atoms with Gasteiger partial charge in [0, 0.05) is 37.4 Å². The van der Waals surface area contributed by atoms with Crippen LogP contribution < -0.4 is 14.4 Å². The molecule has 0 radical (unpaired) electrons. The van der Waals surface area contributed by atoms with E-state index in [1.165, 1.54) is 0 Å². The van der Waals surface area contributed by atoms with Crippen LogP contribution in [0.1, 0.15) is 42.6 Å². The molecule has 2 aliphatic rings. The molecule has 2 aliphatic heterocycles. The van der Waals surface area contributed by atoms with E-state index < -0.39 is 0 Å². The average molecular weight is 478 g/mol. The zero-order valence-electron chi connectivity index (χ0n) is 20.2. The van der Waals surface area contributed by atoms with Crippen molar-refractivity contribution in [2.24, 2.45) is 0 Å². The Hall–Kier alpha value is -3.52. The van der Waals surface area contributed by atoms with Crippen LogP contribution in [0.2, 0.25) is 0 Å². The van der Waals surface area contributed by atoms with Crippen molar-refractivity contribution in [1.82, 2.24) is 10.1 Å². The van der Waals surface area contributed by atoms with Gasteiger partial charge in [-0.2, -0.15) is 0 Å². The summed E-state index contributed by atoms with van der Waals surface area (Å²) in [5.74, 6) is 1.85. The van der Waals surface area contributed by atoms with Gasteiger partial charge in [-0.25, -0.2) is 0 Å². The minimum absolute atomic E-state index is 0.00454. The highest BCUT2D eigenvalue weighted by molar-refractivity contribution is 5.95. The van der Waals surface area contributed by atoms with Gasteiger partial charge in [-0.15, -0.1) is 0 Å². The van der Waals surface area contributed by atoms with Crippen molar-refractivity contribution in [3.05, 3.63) is 59.7 Å². The average Bonchev–Trinajstić information content (AvgIpc) is 3.66. The first-order valence-corrected chi connectivity index (χ1v) is 12.3. The molecule has 5 rings (SSSR count). The monoisotopic (exact) mass is 477 g/mol. The van der Waals surface area contributed by atoms with Crippen molar-refractivity contribution in [2.45, 2.75) is 39.3 Å². The molecule has 2 aromatic carbocycles. The van der Waals surface area contributed by atoms with Crippen LogP contribution in [0.3, 0.4) is 0 Å². The van der Waals surface area contributed by atoms with Gasteiger partial charge in [0.1, 0.15) is 5.69 Å². The first kappa shape index (κ1) is 23.2. The van der Waals surface area contributed by atoms with E-state index in [9.17, 15) is 4.79 Å². The summed E-state index contributed by atoms with van der Waals surface area (Å²) in [5, 5.41) is 4.44. The molecule has 0 bridgehead atoms. The molecule has 0 N–H and O–H groups in total. The first-order valence-electron chi connectivity index (χ1n) is 12.3. The summed E-state index contributed by atoms with van der Waals surface area (Å²) in [6, 6.07) is 15.3. The van der Waals surface area contributed by atoms with Crippen LogP contribution in [0.5, 0.6) is 11.5 Å². The predicted molar refractivity (Wildman–Crippen MR) is 132 cm³/mol. The normalized spacial score (nSPS) is 16.5. The first-order chi connectivity index (χ1) is 17.2. The quantitative estimate of drug-likeness (QED) is 0.441. The zero-order chi connectivity index (χ0) is 24.2. The van der Waals surface area contributed by atoms with Gasteiger partial charge in [0.05, 0.1) is 18.2 Å². The molecule has 1 atom stereocenters. The highest BCUT2D eigenvalue weighted by atomic mass is 16.7. The third kappa shape index (κ3) is 4.84. The lowest BCUT2D eigenvalue weighted by molar-refractivity contribution is 0.0507. The van der Waals surface area contributed by atoms with E-state index >= 15 is 0 Å². The summed E-state index contributed by atoms with van der Waals surface area (Å²) in [5.41, 5.74) is 3.15. The number of aromatic nitrogens is 1. The third-order valence-corrected chi connectivity index (χ3v) is 6.57. The minimum Gasteiger partial charge on any atom is -0.454 e. The number of hydrogen-bond acceptors (Lipinski definition) is 7. The number of carbonyl (C=O) groups is 1. The number of fused-ring (bicyclic) bond motifs is 1. The summed E-state index contributed by atoms with van der Waals surface area (Å²) < 4.78 is 22.7. The highest BCUT2D eigenvalue weighted by Gasteiger charge is 2.29. The van der Waals surface area contributed by atoms with Crippen molar-refractivity contribution in [2.75, 3.05) is 37.9 Å². The Balaban J connectivity index is 1.52. The Bertz CT molecular complexity index is 1150. The fraction of sp³-hybridized carbons (Fsp3) is 0.407. The van der Waals surface area contributed by atoms with Crippen LogP contribution in [0, 0.1) is 0 Å². The fourth-order valence-electron chi connectivity index (χ4n) is 4.68. The molecule has 3 heterocycles. The second kappa shape index (κ2) is 10.4. The van der Waals surface area contributed by atoms with E-state index in [1.54, 1.807) is 18.2 Å². The molecule has 3 aromatic rings. The summed E-state index contributed by atoms with van der Waals surface area (Å²) in [7, 11) is 0. The summed E-state index contributed by atoms with van der Waals surface area (Å²) in [6.45, 7) is 7.45. The molecule has 0 saturated carbocycles. The Morgan fingerprint density at radius 3 is 2.60 bits per heavy atom. The number of ether oxygens (including phenoxy) is 3. The number of nitrogens with zero attached hydrogens (tertiary/aromatic N) is 3. The molecule has 1 saturated heterocycles. The maximum Gasteiger partial charge on any atom is 0.254 e. The number of anilines is 1. The predicted octanol–water partition coefficient (Wildman–Crippen LogP) is 4.74. The Morgan fingerprint density at radius 2 is 1.86 bits per heavy atom. The van der Waals surface area contributed by atoms with Gasteiger partial charge in [0.25, 0.3) is 5.91 Å². The fourth-order valence-corrected chi connectivity index (χ4v) is 4.68. The van der Waals surface area contributed by atoms with E-state index in [2.05, 4.69) is 23.9 Å². The number of rotatable bonds is 9. The van der Waals surface area contributed by atoms with Crippen LogP contribution in [-0.2, 0) is 11.3 Å². The van der Waals surface area contributed by atoms with Gasteiger partial charge in [-0.3, -0.25) is 4.79 Å². The van der Waals surface area contributed by atoms with Gasteiger partial charge in [0.2, 0.25) is 12.7 Å². The molecule has 1 amide bonds. The van der Waals surface area contributed by atoms with Gasteiger partial charge >= 0.3 is 0 Å². The van der Waals surface area contributed by atoms with E-state index in [-0.39, 0.29) is 18.8 Å². The summed E-state index contributed by atoms with van der Waals surface area (Å²) >= 11 is 0. The zero-order valence-corrected chi connectivity index (χ0v) is 20.2. The lowest BCUT2D eigenvalue weighted by Gasteiger charge is -2.27. The van der Waals surface area contributed by atoms with Crippen molar-refractivity contribution in [3.8, 4) is 22.8 Å². The van der Waals surface area contributed by atoms with Gasteiger partial charge < -0.3 is 28.5 Å². The van der Waals surface area contributed by atoms with Gasteiger partial charge in [-0.1, -0.05) is 35.5 Å². The van der Waals surface area contributed by atoms with E-state index in [1.807, 2.05) is 35.2 Å². The van der Waals surface area contributed by atoms with E-state index in [0.29, 0.717) is 36.0 Å². The molecule has 8 nitrogen and oxygen atoms in total. The van der Waals surface area contributed by atoms with Gasteiger partial charge in [0.15, 0.2) is 11.5 Å². The van der Waals surface area contributed by atoms with Crippen molar-refractivity contribution in [3.63, 3.8) is 0 Å². The van der Waals surface area contributed by atoms with E-state index in [0.717, 1.165) is 49.4 Å². The summed E-state index contributed by atoms with van der Waals surface area (Å²) in [4.78, 5) is 17.8. The molecule has 0 spiro atoms. The second-order valence-electron chi connectivity index (χ2n) is 8.74. The molecule has 184 valence electrons. The third-order valence-electron chi connectivity index (χ3n) is 6.57. The van der Waals surface area contributed by atoms with E-state index in [4.69, 9.17) is 18.7 Å². The minimum atomic E-state index is -0.0930. The molecule has 0 aliphatic carbocycles. The molecule has 1 aromatic heterocycles. The summed E-state index contributed by atoms with van der Waals surface area (Å²) in [6.07, 6.45) is 1.94. The van der Waals surface area contributed by atoms with Crippen LogP contribution in [-0.4, -0.2) is 55.1 Å². The smallest absolute Gasteiger partial charge is 0.254 e. The Labute approximate surface area is 205 Å². The molecule has 0 unspecified atom stereocenters. The molecule has 35 heavy (non-hydrogen) atoms. The Kier molecular flexibility index (Phi) is 6.90. The number of benzene rings is 2. The molecule has 1 fully saturated rings. The van der Waals surface area contributed by atoms with Crippen LogP contribution in [0.4, 0.5) is 5.88 Å². The maximum absolute atomic E-state index is 13.8. The molecule has 8 heteroatoms. The van der Waals surface area contributed by atoms with Crippen molar-refractivity contribution in [1.29, 1.82) is 0 Å². The van der Waals surface area contributed by atoms with Crippen LogP contribution >= 0.6 is 0 Å². The number of carbonyl (C=O) groups excluding carboxylic acids is 1. The Morgan fingerprint density at radius 1 is 1.06 bits per heavy atom. The maximum atomic E-state index is 13.8. The lowest BCUT2D eigenvalue weighted by atomic mass is 10.1. The van der Waals surface area contributed by atoms with Crippen molar-refractivity contribution < 1.29 is 23.5 Å². The standard InChI is InChI=1S/C27H31N3O5/c1-3-29(4-2)27-22(25(28-35-27)19-9-6-5-7-10-19)17-30(16-21-11-8-14-32-21)26(31)20-12-13-23-24(15-20)34-18-33-23/h5-7,9-10,12-13,15,21H,3-4,8,11,14,16-18H2,1-2H3/t21-/m0/s1. The number of amides is 1. The number of hydrogen-bond donors (Lipinski definition) is 0.